The van der Waals surface area contributed by atoms with Gasteiger partial charge in [-0.05, 0) is 46.5 Å². The fourth-order valence-corrected chi connectivity index (χ4v) is 8.37. The first-order valence-corrected chi connectivity index (χ1v) is 16.3. The summed E-state index contributed by atoms with van der Waals surface area (Å²) in [7, 11) is 0. The molecule has 0 spiro atoms. The average molecular weight is 620 g/mol. The Morgan fingerprint density at radius 1 is 0.426 bits per heavy atom. The number of hydrogen-bond acceptors (Lipinski definition) is 6. The molecule has 47 heavy (non-hydrogen) atoms. The van der Waals surface area contributed by atoms with Gasteiger partial charge in [-0.2, -0.15) is 0 Å². The maximum Gasteiger partial charge on any atom is 0.167 e. The molecule has 0 radical (unpaired) electrons. The molecule has 11 rings (SSSR count). The smallest absolute Gasteiger partial charge is 0.167 e. The number of fused-ring (bicyclic) bond motifs is 3. The molecule has 4 aromatic heterocycles. The zero-order valence-electron chi connectivity index (χ0n) is 24.7. The highest BCUT2D eigenvalue weighted by Crippen LogP contribution is 2.49. The standard InChI is InChI=1S/C41H21N3O2S/c1-2-10-23(11-3-1)39-42-40(27-16-8-13-22-9-4-6-14-25(22)27)44-41(43-39)28-17-18-30-34-33-29(45-38(28)34)19-20-31-35(33)36-32(47-31)21-24-12-5-7-15-26(24)37(36)46-30/h1-21H. The van der Waals surface area contributed by atoms with E-state index in [4.69, 9.17) is 23.8 Å². The molecule has 0 atom stereocenters. The van der Waals surface area contributed by atoms with E-state index in [1.807, 2.05) is 54.6 Å². The maximum atomic E-state index is 6.91. The number of rotatable bonds is 3. The minimum atomic E-state index is 0.548. The predicted molar refractivity (Wildman–Crippen MR) is 192 cm³/mol. The van der Waals surface area contributed by atoms with Gasteiger partial charge in [-0.25, -0.2) is 15.0 Å². The van der Waals surface area contributed by atoms with Gasteiger partial charge in [-0.15, -0.1) is 11.3 Å². The molecule has 0 unspecified atom stereocenters. The predicted octanol–water partition coefficient (Wildman–Crippen LogP) is 11.6. The van der Waals surface area contributed by atoms with E-state index in [0.717, 1.165) is 71.1 Å². The van der Waals surface area contributed by atoms with Crippen LogP contribution in [0.3, 0.4) is 0 Å². The molecule has 0 saturated carbocycles. The second-order valence-corrected chi connectivity index (χ2v) is 13.0. The van der Waals surface area contributed by atoms with Crippen LogP contribution in [0.25, 0.3) is 109 Å². The minimum absolute atomic E-state index is 0.548. The first kappa shape index (κ1) is 25.1. The van der Waals surface area contributed by atoms with Gasteiger partial charge in [0.1, 0.15) is 22.3 Å². The van der Waals surface area contributed by atoms with Gasteiger partial charge in [0.05, 0.1) is 10.9 Å². The molecule has 5 nitrogen and oxygen atoms in total. The monoisotopic (exact) mass is 619 g/mol. The Morgan fingerprint density at radius 3 is 2.00 bits per heavy atom. The molecular formula is C41H21N3O2S. The lowest BCUT2D eigenvalue weighted by molar-refractivity contribution is 0.659. The first-order chi connectivity index (χ1) is 23.3. The minimum Gasteiger partial charge on any atom is -0.455 e. The fourth-order valence-electron chi connectivity index (χ4n) is 7.20. The number of hydrogen-bond donors (Lipinski definition) is 0. The van der Waals surface area contributed by atoms with Crippen LogP contribution in [0.2, 0.25) is 0 Å². The second kappa shape index (κ2) is 9.22. The molecular weight excluding hydrogens is 599 g/mol. The third-order valence-electron chi connectivity index (χ3n) is 9.30. The summed E-state index contributed by atoms with van der Waals surface area (Å²) in [6.45, 7) is 0. The van der Waals surface area contributed by atoms with Gasteiger partial charge in [-0.1, -0.05) is 97.1 Å². The van der Waals surface area contributed by atoms with Gasteiger partial charge in [0, 0.05) is 42.1 Å². The van der Waals surface area contributed by atoms with E-state index in [1.165, 1.54) is 14.8 Å². The molecule has 0 aliphatic heterocycles. The first-order valence-electron chi connectivity index (χ1n) is 15.5. The van der Waals surface area contributed by atoms with Gasteiger partial charge in [0.25, 0.3) is 0 Å². The van der Waals surface area contributed by atoms with Crippen molar-refractivity contribution in [2.75, 3.05) is 0 Å². The summed E-state index contributed by atoms with van der Waals surface area (Å²) in [5.41, 5.74) is 5.84. The van der Waals surface area contributed by atoms with Crippen LogP contribution in [-0.4, -0.2) is 15.0 Å². The van der Waals surface area contributed by atoms with Crippen molar-refractivity contribution in [2.45, 2.75) is 0 Å². The average Bonchev–Trinajstić information content (AvgIpc) is 3.65. The molecule has 11 aromatic rings. The molecule has 0 N–H and O–H groups in total. The lowest BCUT2D eigenvalue weighted by Crippen LogP contribution is -2.00. The Labute approximate surface area is 270 Å². The highest BCUT2D eigenvalue weighted by Gasteiger charge is 2.25. The normalized spacial score (nSPS) is 12.3. The molecule has 0 aliphatic rings. The van der Waals surface area contributed by atoms with Crippen LogP contribution in [0, 0.1) is 0 Å². The van der Waals surface area contributed by atoms with Crippen molar-refractivity contribution in [3.63, 3.8) is 0 Å². The molecule has 0 amide bonds. The highest BCUT2D eigenvalue weighted by atomic mass is 32.1. The molecule has 7 aromatic carbocycles. The lowest BCUT2D eigenvalue weighted by Gasteiger charge is -2.10. The van der Waals surface area contributed by atoms with Gasteiger partial charge in [0.15, 0.2) is 17.5 Å². The Kier molecular flexibility index (Phi) is 4.93. The van der Waals surface area contributed by atoms with E-state index in [-0.39, 0.29) is 0 Å². The van der Waals surface area contributed by atoms with Crippen molar-refractivity contribution < 1.29 is 8.83 Å². The second-order valence-electron chi connectivity index (χ2n) is 11.9. The number of benzene rings is 7. The topological polar surface area (TPSA) is 65.0 Å². The molecule has 6 heteroatoms. The highest BCUT2D eigenvalue weighted by molar-refractivity contribution is 7.26. The molecule has 4 heterocycles. The van der Waals surface area contributed by atoms with E-state index < -0.39 is 0 Å². The lowest BCUT2D eigenvalue weighted by atomic mass is 10.0. The summed E-state index contributed by atoms with van der Waals surface area (Å²) < 4.78 is 16.1. The number of nitrogens with zero attached hydrogens (tertiary/aromatic N) is 3. The van der Waals surface area contributed by atoms with Crippen molar-refractivity contribution in [3.8, 4) is 34.2 Å². The van der Waals surface area contributed by atoms with Crippen molar-refractivity contribution in [3.05, 3.63) is 127 Å². The quantitative estimate of drug-likeness (QED) is 0.197. The summed E-state index contributed by atoms with van der Waals surface area (Å²) >= 11 is 1.79. The SMILES string of the molecule is c1ccc(-c2nc(-c3cccc4ccccc34)nc(-c3ccc4oc5c6ccccc6cc6sc7ccc8oc3c4c8c7c65)n2)cc1. The maximum absolute atomic E-state index is 6.91. The van der Waals surface area contributed by atoms with Crippen LogP contribution in [0.15, 0.2) is 136 Å². The number of furan rings is 1. The number of aromatic nitrogens is 3. The Bertz CT molecular complexity index is 3020. The van der Waals surface area contributed by atoms with E-state index in [1.54, 1.807) is 11.3 Å². The van der Waals surface area contributed by atoms with Gasteiger partial charge >= 0.3 is 0 Å². The van der Waals surface area contributed by atoms with Crippen molar-refractivity contribution in [2.24, 2.45) is 0 Å². The van der Waals surface area contributed by atoms with Crippen LogP contribution in [-0.2, 0) is 0 Å². The summed E-state index contributed by atoms with van der Waals surface area (Å²) in [4.78, 5) is 15.2. The zero-order chi connectivity index (χ0) is 30.6. The largest absolute Gasteiger partial charge is 0.455 e. The van der Waals surface area contributed by atoms with Gasteiger partial charge in [-0.3, -0.25) is 0 Å². The van der Waals surface area contributed by atoms with Crippen LogP contribution in [0.4, 0.5) is 0 Å². The third-order valence-corrected chi connectivity index (χ3v) is 10.4. The molecule has 0 bridgehead atoms. The van der Waals surface area contributed by atoms with Gasteiger partial charge in [0.2, 0.25) is 0 Å². The molecule has 0 fully saturated rings. The van der Waals surface area contributed by atoms with Crippen LogP contribution in [0.1, 0.15) is 0 Å². The Hall–Kier alpha value is -6.11. The molecule has 218 valence electrons. The van der Waals surface area contributed by atoms with Crippen molar-refractivity contribution in [1.82, 2.24) is 15.0 Å². The van der Waals surface area contributed by atoms with Crippen molar-refractivity contribution in [1.29, 1.82) is 0 Å². The summed E-state index contributed by atoms with van der Waals surface area (Å²) in [6.07, 6.45) is 0. The van der Waals surface area contributed by atoms with E-state index in [0.29, 0.717) is 23.1 Å². The molecule has 0 aliphatic carbocycles. The number of thiophene rings is 1. The van der Waals surface area contributed by atoms with Crippen LogP contribution < -0.4 is 0 Å². The fraction of sp³-hybridized carbons (Fsp3) is 0. The molecule has 0 saturated heterocycles. The van der Waals surface area contributed by atoms with Crippen LogP contribution in [0.5, 0.6) is 0 Å². The summed E-state index contributed by atoms with van der Waals surface area (Å²) in [5, 5.41) is 8.80. The van der Waals surface area contributed by atoms with E-state index >= 15 is 0 Å². The van der Waals surface area contributed by atoms with Gasteiger partial charge < -0.3 is 8.83 Å². The Morgan fingerprint density at radius 2 is 1.11 bits per heavy atom. The van der Waals surface area contributed by atoms with Crippen LogP contribution >= 0.6 is 11.3 Å². The van der Waals surface area contributed by atoms with E-state index in [2.05, 4.69) is 72.8 Å². The van der Waals surface area contributed by atoms with Crippen molar-refractivity contribution >= 4 is 86.2 Å². The Balaban J connectivity index is 1.26. The summed E-state index contributed by atoms with van der Waals surface area (Å²) in [6, 6.07) is 43.7. The third kappa shape index (κ3) is 3.50. The van der Waals surface area contributed by atoms with E-state index in [9.17, 15) is 0 Å². The zero-order valence-corrected chi connectivity index (χ0v) is 25.5. The summed E-state index contributed by atoms with van der Waals surface area (Å²) in [5.74, 6) is 1.76.